The van der Waals surface area contributed by atoms with Gasteiger partial charge in [-0.05, 0) is 50.8 Å². The Balaban J connectivity index is 1.52. The molecule has 0 aliphatic heterocycles. The third-order valence-electron chi connectivity index (χ3n) is 4.95. The monoisotopic (exact) mass is 405 g/mol. The molecule has 6 nitrogen and oxygen atoms in total. The first-order valence-corrected chi connectivity index (χ1v) is 9.74. The largest absolute Gasteiger partial charge is 0.362 e. The second-order valence-corrected chi connectivity index (χ2v) is 7.80. The van der Waals surface area contributed by atoms with Crippen molar-refractivity contribution in [2.45, 2.75) is 44.7 Å². The lowest BCUT2D eigenvalue weighted by Crippen LogP contribution is -2.40. The molecule has 2 N–H and O–H groups in total. The molecule has 0 radical (unpaired) electrons. The average molecular weight is 406 g/mol. The van der Waals surface area contributed by atoms with Gasteiger partial charge in [-0.15, -0.1) is 0 Å². The fourth-order valence-electron chi connectivity index (χ4n) is 3.43. The summed E-state index contributed by atoms with van der Waals surface area (Å²) in [5.74, 6) is 0.661. The fourth-order valence-corrected chi connectivity index (χ4v) is 3.54. The summed E-state index contributed by atoms with van der Waals surface area (Å²) in [6.07, 6.45) is 5.29. The minimum absolute atomic E-state index is 0.0129. The minimum atomic E-state index is -0.586. The Morgan fingerprint density at radius 1 is 1.21 bits per heavy atom. The van der Waals surface area contributed by atoms with Crippen LogP contribution in [0.1, 0.15) is 41.6 Å². The van der Waals surface area contributed by atoms with Gasteiger partial charge in [-0.3, -0.25) is 4.79 Å². The Morgan fingerprint density at radius 2 is 1.89 bits per heavy atom. The Hall–Kier alpha value is -2.41. The van der Waals surface area contributed by atoms with E-state index in [1.165, 1.54) is 18.2 Å². The molecule has 1 saturated carbocycles. The summed E-state index contributed by atoms with van der Waals surface area (Å²) in [6.45, 7) is 1.99. The lowest BCUT2D eigenvalue weighted by atomic mass is 9.91. The van der Waals surface area contributed by atoms with Crippen LogP contribution in [0.25, 0.3) is 0 Å². The highest BCUT2D eigenvalue weighted by Crippen LogP contribution is 2.23. The zero-order valence-electron chi connectivity index (χ0n) is 16.3. The fraction of sp³-hybridized carbons (Fsp3) is 0.450. The standard InChI is InChI=1S/C20H25ClFN5O/c1-12-11-23-20(26-18(12)27(2)3)25-15-7-5-14(6-8-15)24-19(28)13-4-9-16(21)17(22)10-13/h4,9-11,14-15H,5-8H2,1-3H3,(H,24,28)(H,23,25,26)/t14-,15+. The van der Waals surface area contributed by atoms with Gasteiger partial charge in [-0.25, -0.2) is 9.37 Å². The first-order chi connectivity index (χ1) is 13.3. The van der Waals surface area contributed by atoms with Crippen LogP contribution >= 0.6 is 11.6 Å². The Labute approximate surface area is 169 Å². The summed E-state index contributed by atoms with van der Waals surface area (Å²) in [5.41, 5.74) is 1.31. The molecule has 1 heterocycles. The highest BCUT2D eigenvalue weighted by molar-refractivity contribution is 6.30. The average Bonchev–Trinajstić information content (AvgIpc) is 2.66. The highest BCUT2D eigenvalue weighted by Gasteiger charge is 2.23. The van der Waals surface area contributed by atoms with Crippen LogP contribution in [0.15, 0.2) is 24.4 Å². The van der Waals surface area contributed by atoms with Crippen molar-refractivity contribution in [1.29, 1.82) is 0 Å². The molecule has 2 aromatic rings. The maximum Gasteiger partial charge on any atom is 0.251 e. The van der Waals surface area contributed by atoms with Crippen molar-refractivity contribution < 1.29 is 9.18 Å². The quantitative estimate of drug-likeness (QED) is 0.791. The van der Waals surface area contributed by atoms with Crippen molar-refractivity contribution in [3.63, 3.8) is 0 Å². The topological polar surface area (TPSA) is 70.1 Å². The molecule has 0 spiro atoms. The van der Waals surface area contributed by atoms with E-state index in [1.807, 2.05) is 32.1 Å². The predicted molar refractivity (Wildman–Crippen MR) is 110 cm³/mol. The number of amides is 1. The smallest absolute Gasteiger partial charge is 0.251 e. The van der Waals surface area contributed by atoms with E-state index in [-0.39, 0.29) is 28.6 Å². The SMILES string of the molecule is Cc1cnc(N[C@H]2CC[C@@H](NC(=O)c3ccc(Cl)c(F)c3)CC2)nc1N(C)C. The van der Waals surface area contributed by atoms with Crippen molar-refractivity contribution >= 4 is 29.3 Å². The molecular formula is C20H25ClFN5O. The molecule has 0 unspecified atom stereocenters. The molecule has 8 heteroatoms. The number of hydrogen-bond donors (Lipinski definition) is 2. The van der Waals surface area contributed by atoms with Gasteiger partial charge in [0.15, 0.2) is 0 Å². The molecule has 1 aliphatic rings. The van der Waals surface area contributed by atoms with Crippen LogP contribution in [0.3, 0.4) is 0 Å². The lowest BCUT2D eigenvalue weighted by molar-refractivity contribution is 0.0926. The molecule has 1 aliphatic carbocycles. The first kappa shape index (κ1) is 20.3. The number of anilines is 2. The van der Waals surface area contributed by atoms with E-state index < -0.39 is 5.82 Å². The third-order valence-corrected chi connectivity index (χ3v) is 5.25. The third kappa shape index (κ3) is 4.90. The highest BCUT2D eigenvalue weighted by atomic mass is 35.5. The zero-order valence-corrected chi connectivity index (χ0v) is 17.1. The lowest BCUT2D eigenvalue weighted by Gasteiger charge is -2.30. The van der Waals surface area contributed by atoms with Gasteiger partial charge in [0.2, 0.25) is 5.95 Å². The predicted octanol–water partition coefficient (Wildman–Crippen LogP) is 3.80. The second-order valence-electron chi connectivity index (χ2n) is 7.39. The maximum absolute atomic E-state index is 13.5. The van der Waals surface area contributed by atoms with Crippen LogP contribution in [0, 0.1) is 12.7 Å². The summed E-state index contributed by atoms with van der Waals surface area (Å²) in [7, 11) is 3.92. The molecule has 1 fully saturated rings. The number of rotatable bonds is 5. The Morgan fingerprint density at radius 3 is 2.54 bits per heavy atom. The van der Waals surface area contributed by atoms with E-state index in [9.17, 15) is 9.18 Å². The number of aryl methyl sites for hydroxylation is 1. The van der Waals surface area contributed by atoms with Crippen LogP contribution < -0.4 is 15.5 Å². The molecule has 3 rings (SSSR count). The van der Waals surface area contributed by atoms with Crippen LogP contribution in [-0.2, 0) is 0 Å². The van der Waals surface area contributed by atoms with Crippen molar-refractivity contribution in [3.8, 4) is 0 Å². The maximum atomic E-state index is 13.5. The van der Waals surface area contributed by atoms with Gasteiger partial charge in [-0.2, -0.15) is 4.98 Å². The second kappa shape index (κ2) is 8.73. The van der Waals surface area contributed by atoms with Gasteiger partial charge in [-0.1, -0.05) is 11.6 Å². The summed E-state index contributed by atoms with van der Waals surface area (Å²) in [5, 5.41) is 6.39. The van der Waals surface area contributed by atoms with E-state index in [1.54, 1.807) is 0 Å². The normalized spacial score (nSPS) is 19.2. The van der Waals surface area contributed by atoms with E-state index in [2.05, 4.69) is 20.6 Å². The van der Waals surface area contributed by atoms with Gasteiger partial charge >= 0.3 is 0 Å². The number of nitrogens with zero attached hydrogens (tertiary/aromatic N) is 3. The van der Waals surface area contributed by atoms with Gasteiger partial charge in [0.1, 0.15) is 11.6 Å². The van der Waals surface area contributed by atoms with Crippen molar-refractivity contribution in [3.05, 3.63) is 46.4 Å². The summed E-state index contributed by atoms with van der Waals surface area (Å²) >= 11 is 5.67. The number of carbonyl (C=O) groups is 1. The first-order valence-electron chi connectivity index (χ1n) is 9.37. The molecule has 1 aromatic carbocycles. The van der Waals surface area contributed by atoms with E-state index in [0.29, 0.717) is 5.95 Å². The summed E-state index contributed by atoms with van der Waals surface area (Å²) in [6, 6.07) is 4.43. The van der Waals surface area contributed by atoms with Crippen molar-refractivity contribution in [2.24, 2.45) is 0 Å². The molecule has 1 amide bonds. The van der Waals surface area contributed by atoms with Crippen molar-refractivity contribution in [1.82, 2.24) is 15.3 Å². The molecule has 0 bridgehead atoms. The summed E-state index contributed by atoms with van der Waals surface area (Å²) in [4.78, 5) is 23.2. The molecule has 0 atom stereocenters. The molecular weight excluding hydrogens is 381 g/mol. The van der Waals surface area contributed by atoms with Crippen LogP contribution in [-0.4, -0.2) is 42.1 Å². The van der Waals surface area contributed by atoms with Gasteiger partial charge < -0.3 is 15.5 Å². The number of hydrogen-bond acceptors (Lipinski definition) is 5. The van der Waals surface area contributed by atoms with Crippen molar-refractivity contribution in [2.75, 3.05) is 24.3 Å². The molecule has 150 valence electrons. The zero-order chi connectivity index (χ0) is 20.3. The van der Waals surface area contributed by atoms with Gasteiger partial charge in [0.05, 0.1) is 5.02 Å². The van der Waals surface area contributed by atoms with Crippen LogP contribution in [0.4, 0.5) is 16.2 Å². The van der Waals surface area contributed by atoms with Crippen LogP contribution in [0.5, 0.6) is 0 Å². The van der Waals surface area contributed by atoms with Gasteiger partial charge in [0.25, 0.3) is 5.91 Å². The summed E-state index contributed by atoms with van der Waals surface area (Å²) < 4.78 is 13.5. The Kier molecular flexibility index (Phi) is 6.34. The Bertz CT molecular complexity index is 852. The number of halogens is 2. The molecule has 28 heavy (non-hydrogen) atoms. The van der Waals surface area contributed by atoms with Crippen LogP contribution in [0.2, 0.25) is 5.02 Å². The molecule has 0 saturated heterocycles. The number of benzene rings is 1. The number of nitrogens with one attached hydrogen (secondary N) is 2. The van der Waals surface area contributed by atoms with E-state index in [0.717, 1.165) is 37.1 Å². The molecule has 1 aromatic heterocycles. The minimum Gasteiger partial charge on any atom is -0.362 e. The van der Waals surface area contributed by atoms with E-state index in [4.69, 9.17) is 11.6 Å². The van der Waals surface area contributed by atoms with E-state index >= 15 is 0 Å². The van der Waals surface area contributed by atoms with Gasteiger partial charge in [0, 0.05) is 43.5 Å². The number of aromatic nitrogens is 2. The number of carbonyl (C=O) groups excluding carboxylic acids is 1.